The van der Waals surface area contributed by atoms with E-state index in [1.54, 1.807) is 31.4 Å². The zero-order valence-corrected chi connectivity index (χ0v) is 12.7. The van der Waals surface area contributed by atoms with E-state index in [-0.39, 0.29) is 11.6 Å². The van der Waals surface area contributed by atoms with Gasteiger partial charge in [0.05, 0.1) is 12.7 Å². The Labute approximate surface area is 141 Å². The number of rotatable bonds is 3. The summed E-state index contributed by atoms with van der Waals surface area (Å²) < 4.78 is 33.3. The SMILES string of the molecule is [2H]C([2H])([2H])Nc1ncc(-c2nc3cc(OC)ccc3o2)c2cc(N)ncc12. The topological polar surface area (TPSA) is 99.1 Å². The van der Waals surface area contributed by atoms with Crippen LogP contribution in [-0.4, -0.2) is 29.0 Å². The number of anilines is 2. The summed E-state index contributed by atoms with van der Waals surface area (Å²) in [5.74, 6) is 1.46. The molecule has 1 aromatic carbocycles. The van der Waals surface area contributed by atoms with Gasteiger partial charge in [-0.1, -0.05) is 0 Å². The average Bonchev–Trinajstić information content (AvgIpc) is 3.03. The summed E-state index contributed by atoms with van der Waals surface area (Å²) in [4.78, 5) is 12.8. The van der Waals surface area contributed by atoms with Crippen LogP contribution in [-0.2, 0) is 0 Å². The molecule has 0 unspecified atom stereocenters. The lowest BCUT2D eigenvalue weighted by molar-refractivity contribution is 0.415. The van der Waals surface area contributed by atoms with Crippen molar-refractivity contribution >= 4 is 33.5 Å². The minimum absolute atomic E-state index is 0.180. The summed E-state index contributed by atoms with van der Waals surface area (Å²) >= 11 is 0. The van der Waals surface area contributed by atoms with Crippen LogP contribution in [0.4, 0.5) is 11.6 Å². The van der Waals surface area contributed by atoms with Crippen LogP contribution in [0.15, 0.2) is 41.1 Å². The lowest BCUT2D eigenvalue weighted by Gasteiger charge is -2.08. The molecule has 0 amide bonds. The number of methoxy groups -OCH3 is 1. The first-order chi connectivity index (χ1) is 12.8. The van der Waals surface area contributed by atoms with E-state index in [2.05, 4.69) is 20.3 Å². The fourth-order valence-corrected chi connectivity index (χ4v) is 2.57. The maximum absolute atomic E-state index is 7.41. The molecule has 24 heavy (non-hydrogen) atoms. The average molecular weight is 324 g/mol. The number of nitrogen functional groups attached to an aromatic ring is 1. The second-order valence-corrected chi connectivity index (χ2v) is 5.15. The lowest BCUT2D eigenvalue weighted by Crippen LogP contribution is -1.97. The van der Waals surface area contributed by atoms with Crippen molar-refractivity contribution in [2.45, 2.75) is 0 Å². The maximum atomic E-state index is 7.41. The Balaban J connectivity index is 1.91. The van der Waals surface area contributed by atoms with Gasteiger partial charge in [0, 0.05) is 40.3 Å². The van der Waals surface area contributed by atoms with E-state index in [0.717, 1.165) is 0 Å². The van der Waals surface area contributed by atoms with Crippen molar-refractivity contribution in [2.75, 3.05) is 25.1 Å². The first kappa shape index (κ1) is 11.2. The summed E-state index contributed by atoms with van der Waals surface area (Å²) in [7, 11) is 1.58. The number of nitrogens with two attached hydrogens (primary N) is 1. The van der Waals surface area contributed by atoms with Gasteiger partial charge in [-0.2, -0.15) is 0 Å². The normalized spacial score (nSPS) is 13.5. The van der Waals surface area contributed by atoms with Crippen LogP contribution >= 0.6 is 0 Å². The van der Waals surface area contributed by atoms with Gasteiger partial charge < -0.3 is 20.2 Å². The Morgan fingerprint density at radius 1 is 1.21 bits per heavy atom. The van der Waals surface area contributed by atoms with Gasteiger partial charge in [-0.3, -0.25) is 0 Å². The molecule has 0 aliphatic rings. The molecule has 4 rings (SSSR count). The number of nitrogens with zero attached hydrogens (tertiary/aromatic N) is 3. The highest BCUT2D eigenvalue weighted by Gasteiger charge is 2.15. The van der Waals surface area contributed by atoms with Crippen molar-refractivity contribution in [3.63, 3.8) is 0 Å². The van der Waals surface area contributed by atoms with Crippen LogP contribution in [0.3, 0.4) is 0 Å². The Hall–Kier alpha value is -3.35. The first-order valence-electron chi connectivity index (χ1n) is 8.61. The van der Waals surface area contributed by atoms with Crippen LogP contribution in [0, 0.1) is 0 Å². The van der Waals surface area contributed by atoms with Crippen LogP contribution in [0.2, 0.25) is 0 Å². The Kier molecular flexibility index (Phi) is 2.52. The molecule has 7 nitrogen and oxygen atoms in total. The van der Waals surface area contributed by atoms with Crippen LogP contribution in [0.25, 0.3) is 33.3 Å². The molecule has 120 valence electrons. The molecule has 0 aliphatic carbocycles. The fraction of sp³-hybridized carbons (Fsp3) is 0.118. The minimum Gasteiger partial charge on any atom is -0.497 e. The second-order valence-electron chi connectivity index (χ2n) is 5.15. The Bertz CT molecular complexity index is 1160. The highest BCUT2D eigenvalue weighted by atomic mass is 16.5. The largest absolute Gasteiger partial charge is 0.497 e. The summed E-state index contributed by atoms with van der Waals surface area (Å²) in [5.41, 5.74) is 7.62. The zero-order valence-electron chi connectivity index (χ0n) is 15.7. The van der Waals surface area contributed by atoms with Gasteiger partial charge in [0.15, 0.2) is 5.58 Å². The number of benzene rings is 1. The molecule has 0 saturated heterocycles. The fourth-order valence-electron chi connectivity index (χ4n) is 2.57. The number of aromatic nitrogens is 3. The summed E-state index contributed by atoms with van der Waals surface area (Å²) in [5, 5.41) is 3.53. The molecule has 0 atom stereocenters. The van der Waals surface area contributed by atoms with Crippen LogP contribution < -0.4 is 15.8 Å². The van der Waals surface area contributed by atoms with Crippen molar-refractivity contribution in [1.29, 1.82) is 0 Å². The van der Waals surface area contributed by atoms with E-state index in [9.17, 15) is 0 Å². The second kappa shape index (κ2) is 5.38. The van der Waals surface area contributed by atoms with E-state index in [4.69, 9.17) is 19.0 Å². The molecule has 0 spiro atoms. The van der Waals surface area contributed by atoms with Crippen molar-refractivity contribution in [2.24, 2.45) is 0 Å². The predicted molar refractivity (Wildman–Crippen MR) is 93.1 cm³/mol. The standard InChI is InChI=1S/C17H15N5O2/c1-19-16-11-7-20-15(18)6-10(11)12(8-21-16)17-22-13-5-9(23-2)3-4-14(13)24-17/h3-8H,1-2H3,(H2,18,20)(H,19,21)/i1D3. The highest BCUT2D eigenvalue weighted by Crippen LogP contribution is 2.33. The molecule has 0 saturated carbocycles. The smallest absolute Gasteiger partial charge is 0.229 e. The molecular formula is C17H15N5O2. The summed E-state index contributed by atoms with van der Waals surface area (Å²) in [6, 6.07) is 6.94. The van der Waals surface area contributed by atoms with Crippen molar-refractivity contribution in [3.05, 3.63) is 36.7 Å². The Morgan fingerprint density at radius 3 is 2.96 bits per heavy atom. The van der Waals surface area contributed by atoms with Gasteiger partial charge in [-0.25, -0.2) is 15.0 Å². The molecule has 0 bridgehead atoms. The van der Waals surface area contributed by atoms with E-state index in [1.807, 2.05) is 0 Å². The first-order valence-corrected chi connectivity index (χ1v) is 7.11. The highest BCUT2D eigenvalue weighted by molar-refractivity contribution is 6.01. The van der Waals surface area contributed by atoms with Gasteiger partial charge >= 0.3 is 0 Å². The molecule has 0 aliphatic heterocycles. The van der Waals surface area contributed by atoms with Crippen LogP contribution in [0.5, 0.6) is 5.75 Å². The molecule has 3 aromatic heterocycles. The third kappa shape index (κ3) is 2.18. The number of pyridine rings is 2. The summed E-state index contributed by atoms with van der Waals surface area (Å²) in [6.45, 7) is -2.39. The van der Waals surface area contributed by atoms with Crippen LogP contribution in [0.1, 0.15) is 4.11 Å². The predicted octanol–water partition coefficient (Wildman–Crippen LogP) is 3.07. The third-order valence-corrected chi connectivity index (χ3v) is 3.74. The van der Waals surface area contributed by atoms with E-state index in [1.165, 1.54) is 12.4 Å². The number of ether oxygens (including phenoxy) is 1. The van der Waals surface area contributed by atoms with Crippen molar-refractivity contribution in [1.82, 2.24) is 15.0 Å². The molecule has 0 fully saturated rings. The molecule has 4 aromatic rings. The maximum Gasteiger partial charge on any atom is 0.229 e. The van der Waals surface area contributed by atoms with Gasteiger partial charge in [-0.15, -0.1) is 0 Å². The van der Waals surface area contributed by atoms with Gasteiger partial charge in [0.25, 0.3) is 0 Å². The van der Waals surface area contributed by atoms with Gasteiger partial charge in [0.2, 0.25) is 5.89 Å². The van der Waals surface area contributed by atoms with Crippen molar-refractivity contribution in [3.8, 4) is 17.2 Å². The van der Waals surface area contributed by atoms with E-state index in [0.29, 0.717) is 39.1 Å². The van der Waals surface area contributed by atoms with E-state index < -0.39 is 6.98 Å². The molecular weight excluding hydrogens is 306 g/mol. The summed E-state index contributed by atoms with van der Waals surface area (Å²) in [6.07, 6.45) is 2.97. The number of hydrogen-bond acceptors (Lipinski definition) is 7. The quantitative estimate of drug-likeness (QED) is 0.597. The van der Waals surface area contributed by atoms with E-state index >= 15 is 0 Å². The monoisotopic (exact) mass is 324 g/mol. The molecule has 3 N–H and O–H groups in total. The zero-order chi connectivity index (χ0) is 19.2. The molecule has 0 radical (unpaired) electrons. The van der Waals surface area contributed by atoms with Gasteiger partial charge in [0.1, 0.15) is 22.9 Å². The number of fused-ring (bicyclic) bond motifs is 2. The number of oxazole rings is 1. The van der Waals surface area contributed by atoms with Gasteiger partial charge in [-0.05, 0) is 18.2 Å². The molecule has 7 heteroatoms. The lowest BCUT2D eigenvalue weighted by atomic mass is 10.1. The Morgan fingerprint density at radius 2 is 2.12 bits per heavy atom. The van der Waals surface area contributed by atoms with Crippen molar-refractivity contribution < 1.29 is 13.3 Å². The number of nitrogens with one attached hydrogen (secondary N) is 1. The number of hydrogen-bond donors (Lipinski definition) is 2. The molecule has 3 heterocycles. The third-order valence-electron chi connectivity index (χ3n) is 3.74. The minimum atomic E-state index is -2.39.